The molecular weight excluding hydrogens is 473 g/mol. The topological polar surface area (TPSA) is 0 Å². The molecule has 0 aromatic heterocycles. The Morgan fingerprint density at radius 3 is 1.00 bits per heavy atom. The first kappa shape index (κ1) is 21.7. The van der Waals surface area contributed by atoms with Crippen LogP contribution in [0.4, 0.5) is 0 Å². The van der Waals surface area contributed by atoms with Crippen LogP contribution in [-0.4, -0.2) is 12.5 Å². The van der Waals surface area contributed by atoms with Crippen LogP contribution in [0.1, 0.15) is 11.1 Å². The van der Waals surface area contributed by atoms with E-state index in [1.807, 2.05) is 0 Å². The summed E-state index contributed by atoms with van der Waals surface area (Å²) in [7, 11) is 0. The number of hydrogen-bond acceptors (Lipinski definition) is 8. The van der Waals surface area contributed by atoms with Gasteiger partial charge in [0, 0.05) is 60.7 Å². The van der Waals surface area contributed by atoms with Gasteiger partial charge in [0.25, 0.3) is 0 Å². The van der Waals surface area contributed by atoms with Crippen LogP contribution in [0.25, 0.3) is 21.5 Å². The summed E-state index contributed by atoms with van der Waals surface area (Å²) in [6, 6.07) is 0. The molecule has 0 bridgehead atoms. The lowest BCUT2D eigenvalue weighted by Gasteiger charge is -2.22. The molecule has 0 N–H and O–H groups in total. The van der Waals surface area contributed by atoms with E-state index >= 15 is 0 Å². The van der Waals surface area contributed by atoms with Crippen molar-refractivity contribution in [3.63, 3.8) is 0 Å². The number of hydrogen-bond donors (Lipinski definition) is 6. The standard InChI is InChI=1S/C18H18S8/c1-5-6(2)12(20)8-7(11(5)19)13(21)9-10(14(8)22)16(24)18(26-4)17(25-3)15(9)23/h19-24H,1-4H3. The highest BCUT2D eigenvalue weighted by Gasteiger charge is 2.24. The molecule has 0 nitrogen and oxygen atoms in total. The quantitative estimate of drug-likeness (QED) is 0.123. The lowest BCUT2D eigenvalue weighted by Crippen LogP contribution is -1.96. The fourth-order valence-corrected chi connectivity index (χ4v) is 8.26. The smallest absolute Gasteiger partial charge is 0.0357 e. The van der Waals surface area contributed by atoms with Gasteiger partial charge in [0.2, 0.25) is 0 Å². The third-order valence-electron chi connectivity index (χ3n) is 4.71. The zero-order valence-electron chi connectivity index (χ0n) is 14.5. The second kappa shape index (κ2) is 8.01. The molecule has 8 heteroatoms. The van der Waals surface area contributed by atoms with Crippen LogP contribution in [-0.2, 0) is 0 Å². The lowest BCUT2D eigenvalue weighted by molar-refractivity contribution is 1.07. The predicted molar refractivity (Wildman–Crippen MR) is 138 cm³/mol. The number of thiol groups is 6. The average molecular weight is 491 g/mol. The SMILES string of the molecule is CSc1c(SC)c(S)c2c(S)c3c(S)c(C)c(C)c(S)c3c(S)c2c1S. The third kappa shape index (κ3) is 3.02. The van der Waals surface area contributed by atoms with Gasteiger partial charge in [0.05, 0.1) is 0 Å². The summed E-state index contributed by atoms with van der Waals surface area (Å²) in [6.07, 6.45) is 4.11. The molecule has 0 unspecified atom stereocenters. The van der Waals surface area contributed by atoms with Crippen LogP contribution < -0.4 is 0 Å². The summed E-state index contributed by atoms with van der Waals surface area (Å²) in [5.41, 5.74) is 2.21. The van der Waals surface area contributed by atoms with Gasteiger partial charge in [-0.3, -0.25) is 0 Å². The summed E-state index contributed by atoms with van der Waals surface area (Å²) in [4.78, 5) is 7.54. The van der Waals surface area contributed by atoms with Crippen LogP contribution >= 0.6 is 99.3 Å². The minimum atomic E-state index is 0.847. The van der Waals surface area contributed by atoms with Crippen molar-refractivity contribution in [2.75, 3.05) is 12.5 Å². The number of thioether (sulfide) groups is 2. The molecule has 0 radical (unpaired) electrons. The minimum Gasteiger partial charge on any atom is -0.142 e. The number of benzene rings is 3. The normalized spacial score (nSPS) is 11.8. The molecule has 0 aliphatic carbocycles. The summed E-state index contributed by atoms with van der Waals surface area (Å²) in [6.45, 7) is 4.12. The van der Waals surface area contributed by atoms with Crippen molar-refractivity contribution in [3.05, 3.63) is 11.1 Å². The Morgan fingerprint density at radius 1 is 0.462 bits per heavy atom. The first-order chi connectivity index (χ1) is 12.2. The van der Waals surface area contributed by atoms with Gasteiger partial charge in [-0.25, -0.2) is 0 Å². The molecule has 3 aromatic rings. The van der Waals surface area contributed by atoms with Crippen LogP contribution in [0, 0.1) is 13.8 Å². The highest BCUT2D eigenvalue weighted by Crippen LogP contribution is 2.52. The molecule has 138 valence electrons. The van der Waals surface area contributed by atoms with Crippen molar-refractivity contribution in [2.45, 2.75) is 53.0 Å². The number of rotatable bonds is 2. The summed E-state index contributed by atoms with van der Waals surface area (Å²) < 4.78 is 0. The molecular formula is C18H18S8. The van der Waals surface area contributed by atoms with Crippen molar-refractivity contribution in [1.29, 1.82) is 0 Å². The molecule has 0 spiro atoms. The molecule has 26 heavy (non-hydrogen) atoms. The van der Waals surface area contributed by atoms with E-state index in [0.717, 1.165) is 71.8 Å². The van der Waals surface area contributed by atoms with Gasteiger partial charge in [-0.15, -0.1) is 99.3 Å². The average Bonchev–Trinajstić information content (AvgIpc) is 2.61. The maximum Gasteiger partial charge on any atom is 0.0357 e. The molecule has 0 amide bonds. The Balaban J connectivity index is 2.78. The molecule has 0 atom stereocenters. The van der Waals surface area contributed by atoms with Gasteiger partial charge in [-0.1, -0.05) is 0 Å². The fraction of sp³-hybridized carbons (Fsp3) is 0.222. The van der Waals surface area contributed by atoms with Crippen LogP contribution in [0.2, 0.25) is 0 Å². The van der Waals surface area contributed by atoms with Crippen molar-refractivity contribution in [2.24, 2.45) is 0 Å². The molecule has 3 rings (SSSR count). The van der Waals surface area contributed by atoms with E-state index < -0.39 is 0 Å². The zero-order chi connectivity index (χ0) is 19.5. The van der Waals surface area contributed by atoms with Gasteiger partial charge in [-0.2, -0.15) is 0 Å². The monoisotopic (exact) mass is 490 g/mol. The van der Waals surface area contributed by atoms with Gasteiger partial charge in [0.15, 0.2) is 0 Å². The first-order valence-corrected chi connectivity index (χ1v) is 12.7. The Hall–Kier alpha value is 0.980. The Labute approximate surface area is 195 Å². The molecule has 0 aliphatic heterocycles. The van der Waals surface area contributed by atoms with Crippen molar-refractivity contribution in [1.82, 2.24) is 0 Å². The zero-order valence-corrected chi connectivity index (χ0v) is 21.5. The number of fused-ring (bicyclic) bond motifs is 2. The lowest BCUT2D eigenvalue weighted by atomic mass is 9.98. The third-order valence-corrected chi connectivity index (χ3v) is 9.68. The molecule has 0 fully saturated rings. The van der Waals surface area contributed by atoms with Crippen molar-refractivity contribution >= 4 is 121 Å². The van der Waals surface area contributed by atoms with Crippen molar-refractivity contribution in [3.8, 4) is 0 Å². The molecule has 0 saturated carbocycles. The highest BCUT2D eigenvalue weighted by atomic mass is 32.2. The maximum atomic E-state index is 4.91. The molecule has 0 aliphatic rings. The fourth-order valence-electron chi connectivity index (χ4n) is 3.20. The van der Waals surface area contributed by atoms with E-state index in [4.69, 9.17) is 75.8 Å². The van der Waals surface area contributed by atoms with Gasteiger partial charge in [-0.05, 0) is 37.5 Å². The van der Waals surface area contributed by atoms with E-state index in [-0.39, 0.29) is 0 Å². The van der Waals surface area contributed by atoms with E-state index in [2.05, 4.69) is 26.4 Å². The van der Waals surface area contributed by atoms with Crippen LogP contribution in [0.15, 0.2) is 39.2 Å². The molecule has 0 heterocycles. The summed E-state index contributed by atoms with van der Waals surface area (Å²) >= 11 is 32.5. The van der Waals surface area contributed by atoms with E-state index in [9.17, 15) is 0 Å². The Kier molecular flexibility index (Phi) is 6.68. The van der Waals surface area contributed by atoms with E-state index in [1.165, 1.54) is 0 Å². The largest absolute Gasteiger partial charge is 0.142 e. The van der Waals surface area contributed by atoms with Gasteiger partial charge < -0.3 is 0 Å². The molecule has 3 aromatic carbocycles. The van der Waals surface area contributed by atoms with E-state index in [0.29, 0.717) is 0 Å². The van der Waals surface area contributed by atoms with E-state index in [1.54, 1.807) is 23.5 Å². The van der Waals surface area contributed by atoms with Crippen LogP contribution in [0.3, 0.4) is 0 Å². The highest BCUT2D eigenvalue weighted by molar-refractivity contribution is 8.02. The maximum absolute atomic E-state index is 4.91. The van der Waals surface area contributed by atoms with Crippen LogP contribution in [0.5, 0.6) is 0 Å². The summed E-state index contributed by atoms with van der Waals surface area (Å²) in [5, 5.41) is 3.86. The molecule has 0 saturated heterocycles. The summed E-state index contributed by atoms with van der Waals surface area (Å²) in [5.74, 6) is 0. The van der Waals surface area contributed by atoms with Gasteiger partial charge >= 0.3 is 0 Å². The van der Waals surface area contributed by atoms with Gasteiger partial charge in [0.1, 0.15) is 0 Å². The predicted octanol–water partition coefficient (Wildman–Crippen LogP) is 7.79. The second-order valence-electron chi connectivity index (χ2n) is 5.91. The first-order valence-electron chi connectivity index (χ1n) is 7.57. The van der Waals surface area contributed by atoms with Crippen molar-refractivity contribution < 1.29 is 0 Å². The Bertz CT molecular complexity index is 999. The Morgan fingerprint density at radius 2 is 0.731 bits per heavy atom. The minimum absolute atomic E-state index is 0.847. The second-order valence-corrected chi connectivity index (χ2v) is 10.2.